The Kier molecular flexibility index (Phi) is 4.60. The number of benzene rings is 1. The number of carbonyl (C=O) groups is 1. The van der Waals surface area contributed by atoms with Gasteiger partial charge in [-0.2, -0.15) is 0 Å². The number of nitrogens with one attached hydrogen (secondary N) is 1. The first-order chi connectivity index (χ1) is 7.67. The van der Waals surface area contributed by atoms with E-state index in [1.165, 1.54) is 0 Å². The van der Waals surface area contributed by atoms with Crippen molar-refractivity contribution in [3.63, 3.8) is 0 Å². The van der Waals surface area contributed by atoms with Crippen molar-refractivity contribution in [3.8, 4) is 5.75 Å². The number of hydrogen-bond donors (Lipinski definition) is 3. The highest BCUT2D eigenvalue weighted by atomic mass is 16.5. The van der Waals surface area contributed by atoms with Gasteiger partial charge in [0, 0.05) is 6.61 Å². The summed E-state index contributed by atoms with van der Waals surface area (Å²) in [6, 6.07) is 6.37. The maximum atomic E-state index is 10.8. The molecular weight excluding hydrogens is 208 g/mol. The van der Waals surface area contributed by atoms with Crippen molar-refractivity contribution in [2.45, 2.75) is 12.5 Å². The third kappa shape index (κ3) is 3.43. The van der Waals surface area contributed by atoms with Crippen molar-refractivity contribution in [2.24, 2.45) is 5.73 Å². The summed E-state index contributed by atoms with van der Waals surface area (Å²) in [5, 5.41) is 11.5. The van der Waals surface area contributed by atoms with Crippen LogP contribution in [0.2, 0.25) is 0 Å². The van der Waals surface area contributed by atoms with Gasteiger partial charge in [-0.1, -0.05) is 12.1 Å². The molecular formula is C11H16N2O3. The normalized spacial score (nSPS) is 11.9. The Labute approximate surface area is 94.2 Å². The van der Waals surface area contributed by atoms with Gasteiger partial charge in [-0.15, -0.1) is 0 Å². The van der Waals surface area contributed by atoms with E-state index in [4.69, 9.17) is 15.6 Å². The summed E-state index contributed by atoms with van der Waals surface area (Å²) in [5.41, 5.74) is 5.92. The lowest BCUT2D eigenvalue weighted by molar-refractivity contribution is 0.236. The molecule has 0 fully saturated rings. The molecule has 0 saturated carbocycles. The van der Waals surface area contributed by atoms with Crippen LogP contribution in [0.1, 0.15) is 18.0 Å². The Morgan fingerprint density at radius 3 is 2.94 bits per heavy atom. The van der Waals surface area contributed by atoms with Crippen molar-refractivity contribution in [2.75, 3.05) is 13.7 Å². The number of urea groups is 1. The molecule has 0 heterocycles. The van der Waals surface area contributed by atoms with Crippen LogP contribution in [-0.2, 0) is 0 Å². The highest BCUT2D eigenvalue weighted by molar-refractivity contribution is 5.72. The van der Waals surface area contributed by atoms with E-state index in [9.17, 15) is 4.79 Å². The van der Waals surface area contributed by atoms with Gasteiger partial charge >= 0.3 is 6.03 Å². The predicted octanol–water partition coefficient (Wildman–Crippen LogP) is 0.787. The first-order valence-electron chi connectivity index (χ1n) is 4.98. The van der Waals surface area contributed by atoms with Crippen LogP contribution in [0, 0.1) is 0 Å². The Hall–Kier alpha value is -1.75. The summed E-state index contributed by atoms with van der Waals surface area (Å²) in [4.78, 5) is 10.8. The third-order valence-electron chi connectivity index (χ3n) is 2.23. The predicted molar refractivity (Wildman–Crippen MR) is 60.2 cm³/mol. The van der Waals surface area contributed by atoms with Gasteiger partial charge in [-0.3, -0.25) is 0 Å². The van der Waals surface area contributed by atoms with Crippen LogP contribution < -0.4 is 15.8 Å². The quantitative estimate of drug-likeness (QED) is 0.691. The fraction of sp³-hybridized carbons (Fsp3) is 0.364. The number of carbonyl (C=O) groups excluding carboxylic acids is 1. The molecule has 1 unspecified atom stereocenters. The minimum Gasteiger partial charge on any atom is -0.497 e. The van der Waals surface area contributed by atoms with Crippen LogP contribution >= 0.6 is 0 Å². The van der Waals surface area contributed by atoms with Crippen LogP contribution in [0.15, 0.2) is 24.3 Å². The summed E-state index contributed by atoms with van der Waals surface area (Å²) in [6.45, 7) is -0.0256. The maximum Gasteiger partial charge on any atom is 0.312 e. The van der Waals surface area contributed by atoms with Crippen LogP contribution in [0.4, 0.5) is 4.79 Å². The molecule has 88 valence electrons. The molecule has 5 heteroatoms. The summed E-state index contributed by atoms with van der Waals surface area (Å²) in [5.74, 6) is 0.701. The molecule has 4 N–H and O–H groups in total. The minimum atomic E-state index is -0.610. The largest absolute Gasteiger partial charge is 0.497 e. The second kappa shape index (κ2) is 5.97. The van der Waals surface area contributed by atoms with Gasteiger partial charge in [0.1, 0.15) is 5.75 Å². The lowest BCUT2D eigenvalue weighted by Gasteiger charge is -2.17. The van der Waals surface area contributed by atoms with Gasteiger partial charge in [0.15, 0.2) is 0 Å². The molecule has 0 aliphatic heterocycles. The lowest BCUT2D eigenvalue weighted by Crippen LogP contribution is -2.33. The number of aliphatic hydroxyl groups is 1. The van der Waals surface area contributed by atoms with E-state index in [1.807, 2.05) is 18.2 Å². The highest BCUT2D eigenvalue weighted by Crippen LogP contribution is 2.21. The van der Waals surface area contributed by atoms with E-state index in [-0.39, 0.29) is 12.6 Å². The molecule has 1 atom stereocenters. The zero-order valence-corrected chi connectivity index (χ0v) is 9.14. The van der Waals surface area contributed by atoms with Crippen molar-refractivity contribution >= 4 is 6.03 Å². The average molecular weight is 224 g/mol. The third-order valence-corrected chi connectivity index (χ3v) is 2.23. The van der Waals surface area contributed by atoms with Gasteiger partial charge in [0.2, 0.25) is 0 Å². The number of rotatable bonds is 5. The number of methoxy groups -OCH3 is 1. The first kappa shape index (κ1) is 12.3. The summed E-state index contributed by atoms with van der Waals surface area (Å²) < 4.78 is 5.08. The van der Waals surface area contributed by atoms with Gasteiger partial charge in [-0.05, 0) is 24.1 Å². The van der Waals surface area contributed by atoms with Crippen molar-refractivity contribution < 1.29 is 14.6 Å². The monoisotopic (exact) mass is 224 g/mol. The summed E-state index contributed by atoms with van der Waals surface area (Å²) in [7, 11) is 1.57. The summed E-state index contributed by atoms with van der Waals surface area (Å²) in [6.07, 6.45) is 0.413. The second-order valence-electron chi connectivity index (χ2n) is 3.35. The van der Waals surface area contributed by atoms with Gasteiger partial charge < -0.3 is 20.9 Å². The van der Waals surface area contributed by atoms with E-state index in [1.54, 1.807) is 13.2 Å². The Morgan fingerprint density at radius 1 is 1.62 bits per heavy atom. The standard InChI is InChI=1S/C11H16N2O3/c1-16-9-4-2-3-8(7-9)10(5-6-14)13-11(12)15/h2-4,7,10,14H,5-6H2,1H3,(H3,12,13,15). The number of primary amides is 1. The molecule has 0 aromatic heterocycles. The van der Waals surface area contributed by atoms with Crippen LogP contribution in [-0.4, -0.2) is 24.9 Å². The van der Waals surface area contributed by atoms with E-state index in [0.717, 1.165) is 5.56 Å². The number of hydrogen-bond acceptors (Lipinski definition) is 3. The number of amides is 2. The maximum absolute atomic E-state index is 10.8. The number of nitrogens with two attached hydrogens (primary N) is 1. The molecule has 2 amide bonds. The van der Waals surface area contributed by atoms with Gasteiger partial charge in [0.05, 0.1) is 13.2 Å². The fourth-order valence-corrected chi connectivity index (χ4v) is 1.48. The summed E-state index contributed by atoms with van der Waals surface area (Å²) >= 11 is 0. The van der Waals surface area contributed by atoms with Gasteiger partial charge in [0.25, 0.3) is 0 Å². The second-order valence-corrected chi connectivity index (χ2v) is 3.35. The Balaban J connectivity index is 2.86. The molecule has 1 aromatic carbocycles. The SMILES string of the molecule is COc1cccc(C(CCO)NC(N)=O)c1. The van der Waals surface area contributed by atoms with Crippen molar-refractivity contribution in [1.29, 1.82) is 0 Å². The van der Waals surface area contributed by atoms with E-state index >= 15 is 0 Å². The molecule has 0 bridgehead atoms. The lowest BCUT2D eigenvalue weighted by atomic mass is 10.0. The van der Waals surface area contributed by atoms with E-state index < -0.39 is 6.03 Å². The van der Waals surface area contributed by atoms with Crippen LogP contribution in [0.25, 0.3) is 0 Å². The molecule has 5 nitrogen and oxygen atoms in total. The topological polar surface area (TPSA) is 84.6 Å². The molecule has 0 aliphatic carbocycles. The fourth-order valence-electron chi connectivity index (χ4n) is 1.48. The minimum absolute atomic E-state index is 0.0256. The smallest absolute Gasteiger partial charge is 0.312 e. The molecule has 1 aromatic rings. The molecule has 0 spiro atoms. The zero-order valence-electron chi connectivity index (χ0n) is 9.14. The Bertz CT molecular complexity index is 355. The van der Waals surface area contributed by atoms with Crippen molar-refractivity contribution in [1.82, 2.24) is 5.32 Å². The van der Waals surface area contributed by atoms with E-state index in [0.29, 0.717) is 12.2 Å². The molecule has 1 rings (SSSR count). The Morgan fingerprint density at radius 2 is 2.38 bits per heavy atom. The number of aliphatic hydroxyl groups excluding tert-OH is 1. The van der Waals surface area contributed by atoms with Gasteiger partial charge in [-0.25, -0.2) is 4.79 Å². The highest BCUT2D eigenvalue weighted by Gasteiger charge is 2.12. The van der Waals surface area contributed by atoms with Crippen molar-refractivity contribution in [3.05, 3.63) is 29.8 Å². The molecule has 0 radical (unpaired) electrons. The zero-order chi connectivity index (χ0) is 12.0. The number of ether oxygens (including phenoxy) is 1. The molecule has 0 saturated heterocycles. The molecule has 16 heavy (non-hydrogen) atoms. The average Bonchev–Trinajstić information content (AvgIpc) is 2.28. The van der Waals surface area contributed by atoms with Crippen LogP contribution in [0.5, 0.6) is 5.75 Å². The first-order valence-corrected chi connectivity index (χ1v) is 4.98. The van der Waals surface area contributed by atoms with Crippen LogP contribution in [0.3, 0.4) is 0 Å². The molecule has 0 aliphatic rings. The van der Waals surface area contributed by atoms with E-state index in [2.05, 4.69) is 5.32 Å².